The molecule has 0 bridgehead atoms. The Morgan fingerprint density at radius 3 is 2.71 bits per heavy atom. The molecular weight excluding hydrogens is 390 g/mol. The molecule has 31 heavy (non-hydrogen) atoms. The molecule has 156 valence electrons. The van der Waals surface area contributed by atoms with E-state index in [1.165, 1.54) is 5.56 Å². The summed E-state index contributed by atoms with van der Waals surface area (Å²) in [5.74, 6) is 0.147. The molecule has 0 aliphatic carbocycles. The maximum absolute atomic E-state index is 12.8. The zero-order chi connectivity index (χ0) is 21.0. The molecule has 1 amide bonds. The quantitative estimate of drug-likeness (QED) is 0.502. The van der Waals surface area contributed by atoms with Crippen LogP contribution in [-0.2, 0) is 16.0 Å². The second-order valence-corrected chi connectivity index (χ2v) is 7.64. The third kappa shape index (κ3) is 4.18. The summed E-state index contributed by atoms with van der Waals surface area (Å²) in [7, 11) is 0. The van der Waals surface area contributed by atoms with E-state index < -0.39 is 0 Å². The van der Waals surface area contributed by atoms with Crippen molar-refractivity contribution in [3.8, 4) is 11.1 Å². The monoisotopic (exact) mass is 413 g/mol. The second-order valence-electron chi connectivity index (χ2n) is 7.64. The zero-order valence-electron chi connectivity index (χ0n) is 17.1. The molecule has 0 radical (unpaired) electrons. The molecule has 1 aliphatic heterocycles. The van der Waals surface area contributed by atoms with Crippen LogP contribution >= 0.6 is 0 Å². The van der Waals surface area contributed by atoms with Gasteiger partial charge in [-0.2, -0.15) is 0 Å². The summed E-state index contributed by atoms with van der Waals surface area (Å²) in [6.45, 7) is 1.60. The van der Waals surface area contributed by atoms with E-state index in [0.29, 0.717) is 26.1 Å². The summed E-state index contributed by atoms with van der Waals surface area (Å²) in [5, 5.41) is 8.67. The number of carbonyl (C=O) groups is 1. The Morgan fingerprint density at radius 1 is 1.03 bits per heavy atom. The molecular formula is C24H23N5O2. The highest BCUT2D eigenvalue weighted by Crippen LogP contribution is 2.27. The third-order valence-corrected chi connectivity index (χ3v) is 5.65. The number of morpholine rings is 1. The Kier molecular flexibility index (Phi) is 5.41. The largest absolute Gasteiger partial charge is 0.368 e. The van der Waals surface area contributed by atoms with Crippen molar-refractivity contribution in [1.82, 2.24) is 24.7 Å². The Labute approximate surface area is 180 Å². The van der Waals surface area contributed by atoms with Crippen molar-refractivity contribution in [3.05, 3.63) is 84.4 Å². The van der Waals surface area contributed by atoms with Gasteiger partial charge in [0.1, 0.15) is 11.8 Å². The lowest BCUT2D eigenvalue weighted by Gasteiger charge is -2.32. The maximum Gasteiger partial charge on any atom is 0.223 e. The van der Waals surface area contributed by atoms with Gasteiger partial charge in [-0.25, -0.2) is 4.52 Å². The van der Waals surface area contributed by atoms with Crippen LogP contribution in [-0.4, -0.2) is 50.3 Å². The molecule has 1 saturated heterocycles. The van der Waals surface area contributed by atoms with Crippen molar-refractivity contribution in [2.24, 2.45) is 0 Å². The minimum absolute atomic E-state index is 0.147. The number of amides is 1. The molecule has 0 N–H and O–H groups in total. The van der Waals surface area contributed by atoms with E-state index in [-0.39, 0.29) is 12.0 Å². The molecule has 1 aliphatic rings. The minimum atomic E-state index is -0.279. The van der Waals surface area contributed by atoms with E-state index in [4.69, 9.17) is 4.74 Å². The maximum atomic E-state index is 12.8. The smallest absolute Gasteiger partial charge is 0.223 e. The van der Waals surface area contributed by atoms with Crippen LogP contribution in [0.3, 0.4) is 0 Å². The fraction of sp³-hybridized carbons (Fsp3) is 0.250. The summed E-state index contributed by atoms with van der Waals surface area (Å²) in [4.78, 5) is 18.7. The van der Waals surface area contributed by atoms with Crippen LogP contribution in [0.2, 0.25) is 0 Å². The molecule has 1 atom stereocenters. The van der Waals surface area contributed by atoms with Gasteiger partial charge in [0.15, 0.2) is 0 Å². The summed E-state index contributed by atoms with van der Waals surface area (Å²) in [6.07, 6.45) is 6.45. The standard InChI is InChI=1S/C24H23N5O2/c30-23(9-6-18-4-2-1-3-5-18)28-14-15-31-22(17-28)24-21-8-7-20(16-29(21)27-26-24)19-10-12-25-13-11-19/h1-5,7-8,10-13,16,22H,6,9,14-15,17H2/t22-/m0/s1. The first-order valence-corrected chi connectivity index (χ1v) is 10.5. The normalized spacial score (nSPS) is 16.5. The predicted octanol–water partition coefficient (Wildman–Crippen LogP) is 3.32. The van der Waals surface area contributed by atoms with E-state index >= 15 is 0 Å². The summed E-state index contributed by atoms with van der Waals surface area (Å²) in [6, 6.07) is 18.1. The van der Waals surface area contributed by atoms with Crippen LogP contribution in [0.1, 0.15) is 23.8 Å². The van der Waals surface area contributed by atoms with Gasteiger partial charge in [-0.15, -0.1) is 5.10 Å². The van der Waals surface area contributed by atoms with E-state index in [0.717, 1.165) is 28.8 Å². The lowest BCUT2D eigenvalue weighted by atomic mass is 10.1. The molecule has 4 aromatic rings. The van der Waals surface area contributed by atoms with Crippen molar-refractivity contribution in [1.29, 1.82) is 0 Å². The van der Waals surface area contributed by atoms with Gasteiger partial charge in [-0.05, 0) is 35.7 Å². The lowest BCUT2D eigenvalue weighted by molar-refractivity contribution is -0.139. The fourth-order valence-electron chi connectivity index (χ4n) is 3.95. The van der Waals surface area contributed by atoms with Gasteiger partial charge in [-0.1, -0.05) is 41.6 Å². The van der Waals surface area contributed by atoms with Crippen molar-refractivity contribution in [3.63, 3.8) is 0 Å². The average molecular weight is 413 g/mol. The first kappa shape index (κ1) is 19.4. The number of aromatic nitrogens is 4. The number of carbonyl (C=O) groups excluding carboxylic acids is 1. The predicted molar refractivity (Wildman–Crippen MR) is 116 cm³/mol. The SMILES string of the molecule is O=C(CCc1ccccc1)N1CCO[C@H](c2nnn3cc(-c4ccncc4)ccc23)C1. The van der Waals surface area contributed by atoms with Gasteiger partial charge in [0, 0.05) is 37.1 Å². The van der Waals surface area contributed by atoms with Gasteiger partial charge >= 0.3 is 0 Å². The molecule has 1 fully saturated rings. The molecule has 7 nitrogen and oxygen atoms in total. The first-order valence-electron chi connectivity index (χ1n) is 10.5. The fourth-order valence-corrected chi connectivity index (χ4v) is 3.95. The number of hydrogen-bond acceptors (Lipinski definition) is 5. The molecule has 0 saturated carbocycles. The van der Waals surface area contributed by atoms with Crippen LogP contribution in [0.5, 0.6) is 0 Å². The Bertz CT molecular complexity index is 1180. The number of hydrogen-bond donors (Lipinski definition) is 0. The Balaban J connectivity index is 1.30. The van der Waals surface area contributed by atoms with Crippen LogP contribution < -0.4 is 0 Å². The number of benzene rings is 1. The number of rotatable bonds is 5. The summed E-state index contributed by atoms with van der Waals surface area (Å²) in [5.41, 5.74) is 4.94. The molecule has 7 heteroatoms. The number of fused-ring (bicyclic) bond motifs is 1. The zero-order valence-corrected chi connectivity index (χ0v) is 17.1. The van der Waals surface area contributed by atoms with Crippen LogP contribution in [0.25, 0.3) is 16.6 Å². The van der Waals surface area contributed by atoms with Gasteiger partial charge in [0.05, 0.1) is 18.7 Å². The highest BCUT2D eigenvalue weighted by Gasteiger charge is 2.28. The number of ether oxygens (including phenoxy) is 1. The summed E-state index contributed by atoms with van der Waals surface area (Å²) < 4.78 is 7.74. The van der Waals surface area contributed by atoms with Crippen molar-refractivity contribution < 1.29 is 9.53 Å². The van der Waals surface area contributed by atoms with Crippen molar-refractivity contribution in [2.45, 2.75) is 18.9 Å². The van der Waals surface area contributed by atoms with Gasteiger partial charge in [-0.3, -0.25) is 9.78 Å². The Morgan fingerprint density at radius 2 is 1.87 bits per heavy atom. The van der Waals surface area contributed by atoms with Crippen LogP contribution in [0.15, 0.2) is 73.2 Å². The van der Waals surface area contributed by atoms with E-state index in [1.54, 1.807) is 16.9 Å². The van der Waals surface area contributed by atoms with Crippen LogP contribution in [0, 0.1) is 0 Å². The van der Waals surface area contributed by atoms with Gasteiger partial charge < -0.3 is 9.64 Å². The first-order chi connectivity index (χ1) is 15.3. The molecule has 5 rings (SSSR count). The Hall–Kier alpha value is -3.58. The van der Waals surface area contributed by atoms with Gasteiger partial charge in [0.2, 0.25) is 5.91 Å². The molecule has 4 heterocycles. The molecule has 1 aromatic carbocycles. The minimum Gasteiger partial charge on any atom is -0.368 e. The summed E-state index contributed by atoms with van der Waals surface area (Å²) >= 11 is 0. The highest BCUT2D eigenvalue weighted by atomic mass is 16.5. The lowest BCUT2D eigenvalue weighted by Crippen LogP contribution is -2.42. The average Bonchev–Trinajstić information content (AvgIpc) is 3.27. The number of pyridine rings is 2. The molecule has 0 spiro atoms. The van der Waals surface area contributed by atoms with E-state index in [2.05, 4.69) is 27.4 Å². The van der Waals surface area contributed by atoms with E-state index in [1.807, 2.05) is 53.6 Å². The highest BCUT2D eigenvalue weighted by molar-refractivity contribution is 5.76. The van der Waals surface area contributed by atoms with E-state index in [9.17, 15) is 4.79 Å². The second kappa shape index (κ2) is 8.65. The third-order valence-electron chi connectivity index (χ3n) is 5.65. The number of nitrogens with zero attached hydrogens (tertiary/aromatic N) is 5. The molecule has 0 unspecified atom stereocenters. The molecule has 3 aromatic heterocycles. The number of aryl methyl sites for hydroxylation is 1. The van der Waals surface area contributed by atoms with Gasteiger partial charge in [0.25, 0.3) is 0 Å². The van der Waals surface area contributed by atoms with Crippen molar-refractivity contribution >= 4 is 11.4 Å². The van der Waals surface area contributed by atoms with Crippen molar-refractivity contribution in [2.75, 3.05) is 19.7 Å². The van der Waals surface area contributed by atoms with Crippen LogP contribution in [0.4, 0.5) is 0 Å². The topological polar surface area (TPSA) is 72.6 Å².